The molecule has 0 aliphatic heterocycles. The molecule has 2 N–H and O–H groups in total. The Kier molecular flexibility index (Phi) is 4.65. The SMILES string of the molecule is Cc1ccc(C)c(C(=O)NCc2cccc(NC(=O)C3CC3)c2)c1. The second-order valence-electron chi connectivity index (χ2n) is 6.46. The average Bonchev–Trinajstić information content (AvgIpc) is 3.40. The molecule has 1 aliphatic rings. The number of aryl methyl sites for hydroxylation is 2. The van der Waals surface area contributed by atoms with Crippen molar-refractivity contribution in [2.45, 2.75) is 33.2 Å². The Morgan fingerprint density at radius 3 is 2.62 bits per heavy atom. The molecule has 2 amide bonds. The fourth-order valence-corrected chi connectivity index (χ4v) is 2.61. The lowest BCUT2D eigenvalue weighted by Crippen LogP contribution is -2.23. The molecule has 1 aliphatic carbocycles. The quantitative estimate of drug-likeness (QED) is 0.884. The molecular weight excluding hydrogens is 300 g/mol. The number of benzene rings is 2. The smallest absolute Gasteiger partial charge is 0.251 e. The molecular formula is C20H22N2O2. The van der Waals surface area contributed by atoms with Gasteiger partial charge in [0.15, 0.2) is 0 Å². The second-order valence-corrected chi connectivity index (χ2v) is 6.46. The first-order chi connectivity index (χ1) is 11.5. The van der Waals surface area contributed by atoms with E-state index in [2.05, 4.69) is 10.6 Å². The molecule has 0 bridgehead atoms. The normalized spacial score (nSPS) is 13.4. The minimum atomic E-state index is -0.0800. The highest BCUT2D eigenvalue weighted by Gasteiger charge is 2.29. The molecule has 0 unspecified atom stereocenters. The van der Waals surface area contributed by atoms with E-state index in [1.807, 2.05) is 56.3 Å². The third kappa shape index (κ3) is 4.02. The Bertz CT molecular complexity index is 779. The van der Waals surface area contributed by atoms with Crippen LogP contribution >= 0.6 is 0 Å². The van der Waals surface area contributed by atoms with Gasteiger partial charge in [-0.3, -0.25) is 9.59 Å². The number of carbonyl (C=O) groups is 2. The maximum absolute atomic E-state index is 12.4. The predicted molar refractivity (Wildman–Crippen MR) is 94.9 cm³/mol. The molecule has 24 heavy (non-hydrogen) atoms. The van der Waals surface area contributed by atoms with Crippen LogP contribution in [0.25, 0.3) is 0 Å². The van der Waals surface area contributed by atoms with Crippen molar-refractivity contribution < 1.29 is 9.59 Å². The van der Waals surface area contributed by atoms with Crippen LogP contribution in [0.2, 0.25) is 0 Å². The molecule has 1 fully saturated rings. The van der Waals surface area contributed by atoms with E-state index in [9.17, 15) is 9.59 Å². The molecule has 4 heteroatoms. The zero-order valence-corrected chi connectivity index (χ0v) is 14.1. The first kappa shape index (κ1) is 16.2. The summed E-state index contributed by atoms with van der Waals surface area (Å²) in [6.07, 6.45) is 1.97. The van der Waals surface area contributed by atoms with Gasteiger partial charge < -0.3 is 10.6 Å². The van der Waals surface area contributed by atoms with Crippen molar-refractivity contribution in [2.24, 2.45) is 5.92 Å². The van der Waals surface area contributed by atoms with Crippen molar-refractivity contribution in [1.29, 1.82) is 0 Å². The van der Waals surface area contributed by atoms with E-state index >= 15 is 0 Å². The molecule has 0 radical (unpaired) electrons. The molecule has 2 aromatic carbocycles. The summed E-state index contributed by atoms with van der Waals surface area (Å²) < 4.78 is 0. The van der Waals surface area contributed by atoms with E-state index in [1.54, 1.807) is 0 Å². The number of hydrogen-bond acceptors (Lipinski definition) is 2. The molecule has 0 heterocycles. The fourth-order valence-electron chi connectivity index (χ4n) is 2.61. The van der Waals surface area contributed by atoms with E-state index in [-0.39, 0.29) is 17.7 Å². The zero-order valence-electron chi connectivity index (χ0n) is 14.1. The molecule has 0 atom stereocenters. The molecule has 0 spiro atoms. The van der Waals surface area contributed by atoms with Crippen molar-refractivity contribution in [2.75, 3.05) is 5.32 Å². The highest BCUT2D eigenvalue weighted by molar-refractivity contribution is 5.96. The third-order valence-corrected chi connectivity index (χ3v) is 4.23. The molecule has 124 valence electrons. The van der Waals surface area contributed by atoms with E-state index in [0.29, 0.717) is 12.1 Å². The highest BCUT2D eigenvalue weighted by atomic mass is 16.2. The van der Waals surface area contributed by atoms with Crippen LogP contribution in [0.4, 0.5) is 5.69 Å². The van der Waals surface area contributed by atoms with Gasteiger partial charge in [0.1, 0.15) is 0 Å². The summed E-state index contributed by atoms with van der Waals surface area (Å²) in [7, 11) is 0. The van der Waals surface area contributed by atoms with Crippen molar-refractivity contribution in [3.8, 4) is 0 Å². The van der Waals surface area contributed by atoms with Gasteiger partial charge in [0.2, 0.25) is 5.91 Å². The number of rotatable bonds is 5. The number of hydrogen-bond donors (Lipinski definition) is 2. The first-order valence-corrected chi connectivity index (χ1v) is 8.28. The summed E-state index contributed by atoms with van der Waals surface area (Å²) in [6, 6.07) is 13.5. The van der Waals surface area contributed by atoms with Crippen molar-refractivity contribution in [3.05, 3.63) is 64.7 Å². The van der Waals surface area contributed by atoms with Gasteiger partial charge in [-0.25, -0.2) is 0 Å². The third-order valence-electron chi connectivity index (χ3n) is 4.23. The number of anilines is 1. The van der Waals surface area contributed by atoms with Crippen molar-refractivity contribution in [3.63, 3.8) is 0 Å². The molecule has 1 saturated carbocycles. The van der Waals surface area contributed by atoms with E-state index in [0.717, 1.165) is 35.2 Å². The summed E-state index contributed by atoms with van der Waals surface area (Å²) >= 11 is 0. The monoisotopic (exact) mass is 322 g/mol. The molecule has 4 nitrogen and oxygen atoms in total. The summed E-state index contributed by atoms with van der Waals surface area (Å²) in [5.74, 6) is 0.188. The Morgan fingerprint density at radius 2 is 1.88 bits per heavy atom. The van der Waals surface area contributed by atoms with Gasteiger partial charge in [-0.05, 0) is 56.0 Å². The lowest BCUT2D eigenvalue weighted by molar-refractivity contribution is -0.117. The number of nitrogens with one attached hydrogen (secondary N) is 2. The van der Waals surface area contributed by atoms with Crippen LogP contribution in [-0.4, -0.2) is 11.8 Å². The van der Waals surface area contributed by atoms with Crippen LogP contribution in [0.5, 0.6) is 0 Å². The summed E-state index contributed by atoms with van der Waals surface area (Å²) in [5, 5.41) is 5.88. The fraction of sp³-hybridized carbons (Fsp3) is 0.300. The maximum atomic E-state index is 12.4. The van der Waals surface area contributed by atoms with Crippen molar-refractivity contribution in [1.82, 2.24) is 5.32 Å². The Morgan fingerprint density at radius 1 is 1.08 bits per heavy atom. The van der Waals surface area contributed by atoms with Crippen LogP contribution in [-0.2, 0) is 11.3 Å². The van der Waals surface area contributed by atoms with Crippen LogP contribution in [0.15, 0.2) is 42.5 Å². The van der Waals surface area contributed by atoms with Crippen LogP contribution < -0.4 is 10.6 Å². The zero-order chi connectivity index (χ0) is 17.1. The van der Waals surface area contributed by atoms with Crippen LogP contribution in [0.3, 0.4) is 0 Å². The van der Waals surface area contributed by atoms with Gasteiger partial charge in [0, 0.05) is 23.7 Å². The Labute approximate surface area is 142 Å². The lowest BCUT2D eigenvalue weighted by atomic mass is 10.0. The second kappa shape index (κ2) is 6.87. The Hall–Kier alpha value is -2.62. The molecule has 3 rings (SSSR count). The maximum Gasteiger partial charge on any atom is 0.251 e. The van der Waals surface area contributed by atoms with E-state index in [4.69, 9.17) is 0 Å². The summed E-state index contributed by atoms with van der Waals surface area (Å²) in [6.45, 7) is 4.34. The van der Waals surface area contributed by atoms with Gasteiger partial charge in [0.05, 0.1) is 0 Å². The average molecular weight is 322 g/mol. The highest BCUT2D eigenvalue weighted by Crippen LogP contribution is 2.30. The minimum absolute atomic E-state index is 0.0800. The molecule has 0 saturated heterocycles. The molecule has 2 aromatic rings. The topological polar surface area (TPSA) is 58.2 Å². The predicted octanol–water partition coefficient (Wildman–Crippen LogP) is 3.58. The summed E-state index contributed by atoms with van der Waals surface area (Å²) in [4.78, 5) is 24.2. The van der Waals surface area contributed by atoms with Gasteiger partial charge in [-0.1, -0.05) is 29.8 Å². The lowest BCUT2D eigenvalue weighted by Gasteiger charge is -2.10. The number of carbonyl (C=O) groups excluding carboxylic acids is 2. The van der Waals surface area contributed by atoms with E-state index in [1.165, 1.54) is 0 Å². The van der Waals surface area contributed by atoms with Crippen LogP contribution in [0.1, 0.15) is 39.9 Å². The van der Waals surface area contributed by atoms with Gasteiger partial charge in [-0.15, -0.1) is 0 Å². The van der Waals surface area contributed by atoms with Gasteiger partial charge >= 0.3 is 0 Å². The molecule has 0 aromatic heterocycles. The largest absolute Gasteiger partial charge is 0.348 e. The van der Waals surface area contributed by atoms with E-state index < -0.39 is 0 Å². The van der Waals surface area contributed by atoms with Gasteiger partial charge in [-0.2, -0.15) is 0 Å². The first-order valence-electron chi connectivity index (χ1n) is 8.28. The minimum Gasteiger partial charge on any atom is -0.348 e. The van der Waals surface area contributed by atoms with Crippen molar-refractivity contribution >= 4 is 17.5 Å². The standard InChI is InChI=1S/C20H22N2O2/c1-13-6-7-14(2)18(10-13)20(24)21-12-15-4-3-5-17(11-15)22-19(23)16-8-9-16/h3-7,10-11,16H,8-9,12H2,1-2H3,(H,21,24)(H,22,23). The summed E-state index contributed by atoms with van der Waals surface area (Å²) in [5.41, 5.74) is 4.47. The van der Waals surface area contributed by atoms with Crippen LogP contribution in [0, 0.1) is 19.8 Å². The number of amides is 2. The van der Waals surface area contributed by atoms with Gasteiger partial charge in [0.25, 0.3) is 5.91 Å². The Balaban J connectivity index is 1.62.